The average Bonchev–Trinajstić information content (AvgIpc) is 2.49. The molecule has 3 N–H and O–H groups in total. The quantitative estimate of drug-likeness (QED) is 0.641. The van der Waals surface area contributed by atoms with Crippen LogP contribution in [0.5, 0.6) is 5.75 Å². The molecule has 4 nitrogen and oxygen atoms in total. The highest BCUT2D eigenvalue weighted by atomic mass is 35.5. The lowest BCUT2D eigenvalue weighted by Crippen LogP contribution is -2.23. The molecule has 0 bridgehead atoms. The van der Waals surface area contributed by atoms with Crippen LogP contribution in [0.3, 0.4) is 0 Å². The third kappa shape index (κ3) is 4.55. The normalized spacial score (nSPS) is 11.3. The maximum Gasteiger partial charge on any atom is 0.193 e. The Hall–Kier alpha value is -1.91. The van der Waals surface area contributed by atoms with Crippen molar-refractivity contribution in [3.05, 3.63) is 58.1 Å². The van der Waals surface area contributed by atoms with E-state index in [2.05, 4.69) is 10.3 Å². The topological polar surface area (TPSA) is 59.6 Å². The van der Waals surface area contributed by atoms with Crippen molar-refractivity contribution in [2.24, 2.45) is 10.7 Å². The van der Waals surface area contributed by atoms with Crippen LogP contribution in [0.25, 0.3) is 0 Å². The summed E-state index contributed by atoms with van der Waals surface area (Å²) in [5.74, 6) is 0.940. The largest absolute Gasteiger partial charge is 0.495 e. The second-order valence-corrected chi connectivity index (χ2v) is 5.40. The van der Waals surface area contributed by atoms with E-state index in [1.54, 1.807) is 19.2 Å². The first-order valence-electron chi connectivity index (χ1n) is 6.74. The number of hydrogen-bond donors (Lipinski definition) is 2. The lowest BCUT2D eigenvalue weighted by Gasteiger charge is -2.08. The molecule has 2 aromatic rings. The zero-order valence-electron chi connectivity index (χ0n) is 12.1. The van der Waals surface area contributed by atoms with E-state index in [0.29, 0.717) is 23.3 Å². The Labute approximate surface area is 139 Å². The second-order valence-electron chi connectivity index (χ2n) is 4.58. The number of aliphatic imine (C=N–C) groups is 1. The van der Waals surface area contributed by atoms with Crippen LogP contribution in [0.15, 0.2) is 47.5 Å². The molecule has 0 aliphatic heterocycles. The van der Waals surface area contributed by atoms with Gasteiger partial charge in [-0.2, -0.15) is 0 Å². The minimum Gasteiger partial charge on any atom is -0.495 e. The first-order valence-corrected chi connectivity index (χ1v) is 7.49. The number of rotatable bonds is 5. The van der Waals surface area contributed by atoms with Crippen molar-refractivity contribution in [3.63, 3.8) is 0 Å². The van der Waals surface area contributed by atoms with E-state index in [4.69, 9.17) is 33.7 Å². The van der Waals surface area contributed by atoms with Gasteiger partial charge in [0.05, 0.1) is 12.1 Å². The van der Waals surface area contributed by atoms with E-state index in [1.165, 1.54) is 0 Å². The second kappa shape index (κ2) is 7.92. The molecule has 0 aliphatic carbocycles. The van der Waals surface area contributed by atoms with Crippen molar-refractivity contribution in [3.8, 4) is 5.75 Å². The van der Waals surface area contributed by atoms with Crippen molar-refractivity contribution >= 4 is 34.8 Å². The molecule has 0 unspecified atom stereocenters. The van der Waals surface area contributed by atoms with Crippen LogP contribution >= 0.6 is 23.2 Å². The van der Waals surface area contributed by atoms with Gasteiger partial charge in [-0.1, -0.05) is 41.4 Å². The summed E-state index contributed by atoms with van der Waals surface area (Å²) in [6.45, 7) is 0.548. The molecule has 0 aromatic heterocycles. The number of nitrogens with zero attached hydrogens (tertiary/aromatic N) is 1. The number of ether oxygens (including phenoxy) is 1. The van der Waals surface area contributed by atoms with Crippen LogP contribution in [0.4, 0.5) is 5.69 Å². The number of methoxy groups -OCH3 is 1. The number of benzene rings is 2. The highest BCUT2D eigenvalue weighted by Gasteiger charge is 2.03. The fourth-order valence-corrected chi connectivity index (χ4v) is 2.42. The molecule has 2 rings (SSSR count). The molecule has 116 valence electrons. The first kappa shape index (κ1) is 16.5. The van der Waals surface area contributed by atoms with Gasteiger partial charge in [0, 0.05) is 17.3 Å². The van der Waals surface area contributed by atoms with E-state index in [-0.39, 0.29) is 0 Å². The summed E-state index contributed by atoms with van der Waals surface area (Å²) < 4.78 is 5.10. The molecule has 0 aliphatic rings. The van der Waals surface area contributed by atoms with Crippen molar-refractivity contribution in [1.82, 2.24) is 0 Å². The number of halogens is 2. The molecule has 0 heterocycles. The van der Waals surface area contributed by atoms with Gasteiger partial charge in [0.1, 0.15) is 5.75 Å². The maximum atomic E-state index is 6.09. The zero-order chi connectivity index (χ0) is 15.9. The van der Waals surface area contributed by atoms with Crippen molar-refractivity contribution < 1.29 is 4.74 Å². The predicted octanol–water partition coefficient (Wildman–Crippen LogP) is 3.97. The van der Waals surface area contributed by atoms with Gasteiger partial charge in [0.15, 0.2) is 5.96 Å². The van der Waals surface area contributed by atoms with Gasteiger partial charge in [-0.15, -0.1) is 0 Å². The molecule has 0 saturated heterocycles. The molecule has 0 atom stereocenters. The number of nitrogens with two attached hydrogens (primary N) is 1. The fraction of sp³-hybridized carbons (Fsp3) is 0.188. The Morgan fingerprint density at radius 1 is 1.18 bits per heavy atom. The predicted molar refractivity (Wildman–Crippen MR) is 93.3 cm³/mol. The summed E-state index contributed by atoms with van der Waals surface area (Å²) in [6, 6.07) is 13.0. The minimum atomic E-state index is 0.327. The Morgan fingerprint density at radius 2 is 1.95 bits per heavy atom. The van der Waals surface area contributed by atoms with Crippen molar-refractivity contribution in [2.45, 2.75) is 6.42 Å². The van der Waals surface area contributed by atoms with E-state index < -0.39 is 0 Å². The maximum absolute atomic E-state index is 6.09. The fourth-order valence-electron chi connectivity index (χ4n) is 1.93. The third-order valence-corrected chi connectivity index (χ3v) is 3.71. The van der Waals surface area contributed by atoms with Crippen molar-refractivity contribution in [2.75, 3.05) is 19.0 Å². The summed E-state index contributed by atoms with van der Waals surface area (Å²) in [4.78, 5) is 4.28. The molecule has 0 saturated carbocycles. The Balaban J connectivity index is 1.93. The van der Waals surface area contributed by atoms with Crippen LogP contribution in [-0.2, 0) is 6.42 Å². The molecule has 22 heavy (non-hydrogen) atoms. The van der Waals surface area contributed by atoms with Gasteiger partial charge in [-0.05, 0) is 36.2 Å². The molecule has 6 heteroatoms. The Morgan fingerprint density at radius 3 is 2.64 bits per heavy atom. The van der Waals surface area contributed by atoms with Crippen LogP contribution in [0, 0.1) is 0 Å². The number of guanidine groups is 1. The SMILES string of the molecule is COc1ccc(NC(N)=NCCc2ccccc2Cl)cc1Cl. The van der Waals surface area contributed by atoms with Crippen LogP contribution in [0.1, 0.15) is 5.56 Å². The molecular weight excluding hydrogens is 321 g/mol. The van der Waals surface area contributed by atoms with E-state index in [9.17, 15) is 0 Å². The van der Waals surface area contributed by atoms with Gasteiger partial charge < -0.3 is 15.8 Å². The average molecular weight is 338 g/mol. The third-order valence-electron chi connectivity index (χ3n) is 3.05. The molecule has 2 aromatic carbocycles. The highest BCUT2D eigenvalue weighted by Crippen LogP contribution is 2.27. The lowest BCUT2D eigenvalue weighted by molar-refractivity contribution is 0.415. The summed E-state index contributed by atoms with van der Waals surface area (Å²) in [5, 5.41) is 4.24. The number of nitrogens with one attached hydrogen (secondary N) is 1. The minimum absolute atomic E-state index is 0.327. The summed E-state index contributed by atoms with van der Waals surface area (Å²) in [5.41, 5.74) is 7.66. The summed E-state index contributed by atoms with van der Waals surface area (Å²) in [6.07, 6.45) is 0.728. The van der Waals surface area contributed by atoms with Gasteiger partial charge in [-0.25, -0.2) is 0 Å². The Bertz CT molecular complexity index is 674. The molecule has 0 fully saturated rings. The highest BCUT2D eigenvalue weighted by molar-refractivity contribution is 6.32. The lowest BCUT2D eigenvalue weighted by atomic mass is 10.1. The van der Waals surface area contributed by atoms with E-state index in [0.717, 1.165) is 22.7 Å². The van der Waals surface area contributed by atoms with Gasteiger partial charge in [0.25, 0.3) is 0 Å². The standard InChI is InChI=1S/C16H17Cl2N3O/c1-22-15-7-6-12(10-14(15)18)21-16(19)20-9-8-11-4-2-3-5-13(11)17/h2-7,10H,8-9H2,1H3,(H3,19,20,21). The van der Waals surface area contributed by atoms with Crippen molar-refractivity contribution in [1.29, 1.82) is 0 Å². The van der Waals surface area contributed by atoms with Gasteiger partial charge >= 0.3 is 0 Å². The molecule has 0 radical (unpaired) electrons. The van der Waals surface area contributed by atoms with E-state index >= 15 is 0 Å². The van der Waals surface area contributed by atoms with Gasteiger partial charge in [0.2, 0.25) is 0 Å². The number of hydrogen-bond acceptors (Lipinski definition) is 2. The molecule has 0 amide bonds. The zero-order valence-corrected chi connectivity index (χ0v) is 13.7. The summed E-state index contributed by atoms with van der Waals surface area (Å²) >= 11 is 12.1. The van der Waals surface area contributed by atoms with Crippen LogP contribution in [-0.4, -0.2) is 19.6 Å². The van der Waals surface area contributed by atoms with Gasteiger partial charge in [-0.3, -0.25) is 4.99 Å². The number of anilines is 1. The van der Waals surface area contributed by atoms with E-state index in [1.807, 2.05) is 30.3 Å². The molecular formula is C16H17Cl2N3O. The first-order chi connectivity index (χ1) is 10.6. The molecule has 0 spiro atoms. The van der Waals surface area contributed by atoms with Crippen LogP contribution in [0.2, 0.25) is 10.0 Å². The Kier molecular flexibility index (Phi) is 5.92. The smallest absolute Gasteiger partial charge is 0.193 e. The summed E-state index contributed by atoms with van der Waals surface area (Å²) in [7, 11) is 1.57. The monoisotopic (exact) mass is 337 g/mol. The van der Waals surface area contributed by atoms with Crippen LogP contribution < -0.4 is 15.8 Å².